The molecule has 0 radical (unpaired) electrons. The van der Waals surface area contributed by atoms with Gasteiger partial charge in [0.1, 0.15) is 6.10 Å². The van der Waals surface area contributed by atoms with E-state index in [2.05, 4.69) is 39.5 Å². The normalized spacial score (nSPS) is 50.1. The van der Waals surface area contributed by atoms with Crippen molar-refractivity contribution in [2.45, 2.75) is 169 Å². The zero-order valence-corrected chi connectivity index (χ0v) is 33.3. The highest BCUT2D eigenvalue weighted by Crippen LogP contribution is 2.89. The number of rotatable bonds is 8. The van der Waals surface area contributed by atoms with E-state index < -0.39 is 17.8 Å². The lowest BCUT2D eigenvalue weighted by atomic mass is 9.41. The Morgan fingerprint density at radius 1 is 1.02 bits per heavy atom. The Hall–Kier alpha value is -0.810. The van der Waals surface area contributed by atoms with E-state index in [9.17, 15) is 15.0 Å². The summed E-state index contributed by atoms with van der Waals surface area (Å²) < 4.78 is 26.3. The molecule has 4 unspecified atom stereocenters. The third-order valence-electron chi connectivity index (χ3n) is 17.6. The van der Waals surface area contributed by atoms with Crippen LogP contribution in [0.15, 0.2) is 0 Å². The van der Waals surface area contributed by atoms with Gasteiger partial charge in [-0.2, -0.15) is 0 Å². The van der Waals surface area contributed by atoms with E-state index in [1.165, 1.54) is 25.7 Å². The molecular formula is C42H70N2O7. The summed E-state index contributed by atoms with van der Waals surface area (Å²) in [5, 5.41) is 23.7. The predicted octanol–water partition coefficient (Wildman–Crippen LogP) is 5.64. The van der Waals surface area contributed by atoms with Crippen LogP contribution in [0.25, 0.3) is 0 Å². The Morgan fingerprint density at radius 2 is 1.73 bits per heavy atom. The molecule has 0 aromatic heterocycles. The van der Waals surface area contributed by atoms with Gasteiger partial charge in [0.25, 0.3) is 0 Å². The minimum Gasteiger partial charge on any atom is -0.390 e. The van der Waals surface area contributed by atoms with Crippen molar-refractivity contribution in [3.05, 3.63) is 0 Å². The SMILES string of the molecule is CCO[C@@H](C1C[C@@H](C)[C@H]2C(O1)[C@H](O)[C@@]1(C)C3CC[C@H]4C(C)(C)[C@@H](O[C@H]5CN([C@@H](C)C(=O)N6CCC6)CCO5)CC[C@@]45CC35CC[C@]21C)C(C)(C)O. The summed E-state index contributed by atoms with van der Waals surface area (Å²) in [4.78, 5) is 17.3. The van der Waals surface area contributed by atoms with Crippen molar-refractivity contribution < 1.29 is 34.0 Å². The van der Waals surface area contributed by atoms with Crippen LogP contribution in [0.1, 0.15) is 120 Å². The lowest BCUT2D eigenvalue weighted by Crippen LogP contribution is -2.60. The third kappa shape index (κ3) is 5.13. The summed E-state index contributed by atoms with van der Waals surface area (Å²) in [6.07, 6.45) is 8.60. The summed E-state index contributed by atoms with van der Waals surface area (Å²) in [6, 6.07) is -0.135. The van der Waals surface area contributed by atoms with Gasteiger partial charge in [-0.1, -0.05) is 34.6 Å². The number of nitrogens with zero attached hydrogens (tertiary/aromatic N) is 2. The molecule has 8 fully saturated rings. The molecular weight excluding hydrogens is 644 g/mol. The Kier molecular flexibility index (Phi) is 8.99. The number of aliphatic hydroxyl groups is 2. The summed E-state index contributed by atoms with van der Waals surface area (Å²) in [5.74, 6) is 1.97. The molecule has 3 heterocycles. The van der Waals surface area contributed by atoms with Gasteiger partial charge in [-0.05, 0) is 131 Å². The number of carbonyl (C=O) groups is 1. The molecule has 290 valence electrons. The summed E-state index contributed by atoms with van der Waals surface area (Å²) in [6.45, 7) is 24.3. The zero-order chi connectivity index (χ0) is 36.5. The number of fused-ring (bicyclic) bond motifs is 4. The highest BCUT2D eigenvalue weighted by atomic mass is 16.7. The highest BCUT2D eigenvalue weighted by molar-refractivity contribution is 5.82. The first kappa shape index (κ1) is 37.1. The molecule has 0 aromatic rings. The summed E-state index contributed by atoms with van der Waals surface area (Å²) >= 11 is 0. The van der Waals surface area contributed by atoms with Gasteiger partial charge < -0.3 is 34.1 Å². The Labute approximate surface area is 307 Å². The second-order valence-electron chi connectivity index (χ2n) is 20.4. The average molecular weight is 715 g/mol. The molecule has 51 heavy (non-hydrogen) atoms. The molecule has 15 atom stereocenters. The first-order valence-corrected chi connectivity index (χ1v) is 20.9. The Morgan fingerprint density at radius 3 is 2.39 bits per heavy atom. The number of likely N-dealkylation sites (tertiary alicyclic amines) is 1. The molecule has 0 bridgehead atoms. The lowest BCUT2D eigenvalue weighted by molar-refractivity contribution is -0.250. The van der Waals surface area contributed by atoms with Crippen LogP contribution in [-0.4, -0.2) is 114 Å². The van der Waals surface area contributed by atoms with Crippen molar-refractivity contribution in [1.29, 1.82) is 0 Å². The Balaban J connectivity index is 0.993. The van der Waals surface area contributed by atoms with Gasteiger partial charge in [0.05, 0.1) is 49.2 Å². The van der Waals surface area contributed by atoms with Gasteiger partial charge in [-0.15, -0.1) is 0 Å². The molecule has 5 saturated carbocycles. The molecule has 2 spiro atoms. The second-order valence-corrected chi connectivity index (χ2v) is 20.4. The molecule has 0 aromatic carbocycles. The van der Waals surface area contributed by atoms with Crippen LogP contribution < -0.4 is 0 Å². The first-order chi connectivity index (χ1) is 24.0. The first-order valence-electron chi connectivity index (χ1n) is 20.9. The maximum Gasteiger partial charge on any atom is 0.239 e. The number of ether oxygens (including phenoxy) is 4. The van der Waals surface area contributed by atoms with Gasteiger partial charge in [0.15, 0.2) is 6.29 Å². The van der Waals surface area contributed by atoms with Crippen LogP contribution in [0.5, 0.6) is 0 Å². The smallest absolute Gasteiger partial charge is 0.239 e. The maximum atomic E-state index is 13.0. The van der Waals surface area contributed by atoms with Gasteiger partial charge in [-0.25, -0.2) is 0 Å². The van der Waals surface area contributed by atoms with E-state index >= 15 is 0 Å². The fourth-order valence-electron chi connectivity index (χ4n) is 14.9. The number of morpholine rings is 1. The number of amides is 1. The molecule has 1 amide bonds. The zero-order valence-electron chi connectivity index (χ0n) is 33.3. The summed E-state index contributed by atoms with van der Waals surface area (Å²) in [7, 11) is 0. The second kappa shape index (κ2) is 12.3. The van der Waals surface area contributed by atoms with Crippen LogP contribution in [-0.2, 0) is 23.7 Å². The number of hydrogen-bond acceptors (Lipinski definition) is 8. The van der Waals surface area contributed by atoms with E-state index in [0.717, 1.165) is 51.7 Å². The molecule has 3 aliphatic heterocycles. The van der Waals surface area contributed by atoms with Crippen LogP contribution in [0.4, 0.5) is 0 Å². The molecule has 9 heteroatoms. The van der Waals surface area contributed by atoms with Crippen molar-refractivity contribution in [2.24, 2.45) is 50.7 Å². The molecule has 8 rings (SSSR count). The monoisotopic (exact) mass is 715 g/mol. The fourth-order valence-corrected chi connectivity index (χ4v) is 14.9. The fraction of sp³-hybridized carbons (Fsp3) is 0.976. The van der Waals surface area contributed by atoms with Crippen LogP contribution in [0, 0.1) is 50.7 Å². The molecule has 9 nitrogen and oxygen atoms in total. The minimum absolute atomic E-state index is 0.00194. The summed E-state index contributed by atoms with van der Waals surface area (Å²) in [5.41, 5.74) is -0.659. The molecule has 2 N–H and O–H groups in total. The van der Waals surface area contributed by atoms with Crippen molar-refractivity contribution >= 4 is 5.91 Å². The maximum absolute atomic E-state index is 13.0. The standard InChI is InChI=1S/C42H70N2O7/c1-10-48-35(38(6,7)47)27-22-25(2)32-33(50-27)34(45)40(9)29-13-12-28-37(4,5)30(14-15-41(28)24-42(29,41)17-16-39(32,40)8)51-31-23-44(20-21-49-31)26(3)36(46)43-18-11-19-43/h25-35,45,47H,10-24H2,1-9H3/t25-,26+,27?,28+,29?,30+,31+,32+,33?,34+,35+,39-,40-,41-,42?/m1/s1. The number of carbonyl (C=O) groups excluding carboxylic acids is 1. The Bertz CT molecular complexity index is 1350. The van der Waals surface area contributed by atoms with Crippen molar-refractivity contribution in [3.8, 4) is 0 Å². The number of hydrogen-bond donors (Lipinski definition) is 2. The van der Waals surface area contributed by atoms with Crippen LogP contribution in [0.2, 0.25) is 0 Å². The van der Waals surface area contributed by atoms with Gasteiger partial charge in [0.2, 0.25) is 5.91 Å². The third-order valence-corrected chi connectivity index (χ3v) is 17.6. The largest absolute Gasteiger partial charge is 0.390 e. The quantitative estimate of drug-likeness (QED) is 0.334. The van der Waals surface area contributed by atoms with E-state index in [1.54, 1.807) is 0 Å². The van der Waals surface area contributed by atoms with E-state index in [0.29, 0.717) is 48.8 Å². The average Bonchev–Trinajstić information content (AvgIpc) is 3.68. The topological polar surface area (TPSA) is 101 Å². The molecule has 5 aliphatic carbocycles. The van der Waals surface area contributed by atoms with Crippen LogP contribution >= 0.6 is 0 Å². The van der Waals surface area contributed by atoms with Gasteiger partial charge >= 0.3 is 0 Å². The van der Waals surface area contributed by atoms with Gasteiger partial charge in [0, 0.05) is 31.7 Å². The number of aliphatic hydroxyl groups excluding tert-OH is 1. The van der Waals surface area contributed by atoms with Crippen LogP contribution in [0.3, 0.4) is 0 Å². The van der Waals surface area contributed by atoms with Crippen molar-refractivity contribution in [1.82, 2.24) is 9.80 Å². The van der Waals surface area contributed by atoms with E-state index in [1.807, 2.05) is 32.6 Å². The van der Waals surface area contributed by atoms with E-state index in [-0.39, 0.29) is 58.2 Å². The lowest BCUT2D eigenvalue weighted by Gasteiger charge is -2.64. The van der Waals surface area contributed by atoms with E-state index in [4.69, 9.17) is 18.9 Å². The highest BCUT2D eigenvalue weighted by Gasteiger charge is 2.84. The van der Waals surface area contributed by atoms with Crippen molar-refractivity contribution in [3.63, 3.8) is 0 Å². The molecule has 3 saturated heterocycles. The van der Waals surface area contributed by atoms with Gasteiger partial charge in [-0.3, -0.25) is 9.69 Å². The molecule has 8 aliphatic rings. The van der Waals surface area contributed by atoms with Crippen molar-refractivity contribution in [2.75, 3.05) is 39.4 Å². The minimum atomic E-state index is -1.02. The predicted molar refractivity (Wildman–Crippen MR) is 195 cm³/mol.